The van der Waals surface area contributed by atoms with E-state index in [-0.39, 0.29) is 11.5 Å². The Labute approximate surface area is 183 Å². The summed E-state index contributed by atoms with van der Waals surface area (Å²) in [5.41, 5.74) is 2.40. The van der Waals surface area contributed by atoms with E-state index >= 15 is 0 Å². The largest absolute Gasteiger partial charge is 0.504 e. The number of thioether (sulfide) groups is 1. The molecule has 0 saturated heterocycles. The van der Waals surface area contributed by atoms with Crippen LogP contribution >= 0.6 is 11.8 Å². The summed E-state index contributed by atoms with van der Waals surface area (Å²) < 4.78 is 17.1. The zero-order chi connectivity index (χ0) is 22.1. The van der Waals surface area contributed by atoms with Gasteiger partial charge in [-0.25, -0.2) is 0 Å². The molecule has 0 amide bonds. The van der Waals surface area contributed by atoms with E-state index in [2.05, 4.69) is 13.8 Å². The lowest BCUT2D eigenvalue weighted by molar-refractivity contribution is 0.101. The van der Waals surface area contributed by atoms with Crippen LogP contribution in [0, 0.1) is 0 Å². The first kappa shape index (κ1) is 23.9. The average molecular weight is 433 g/mol. The SMILES string of the molecule is CCCc1c(OCSc2ccc(C(C)=O)c(OC)c2CCC)ccc(OCC)c1O. The van der Waals surface area contributed by atoms with Crippen molar-refractivity contribution in [3.05, 3.63) is 41.0 Å². The van der Waals surface area contributed by atoms with E-state index in [1.54, 1.807) is 31.9 Å². The lowest BCUT2D eigenvalue weighted by Gasteiger charge is -2.18. The van der Waals surface area contributed by atoms with Gasteiger partial charge in [0.2, 0.25) is 0 Å². The zero-order valence-corrected chi connectivity index (χ0v) is 19.4. The molecule has 0 aliphatic heterocycles. The molecule has 0 heterocycles. The van der Waals surface area contributed by atoms with Crippen molar-refractivity contribution in [2.24, 2.45) is 0 Å². The van der Waals surface area contributed by atoms with Crippen LogP contribution in [-0.4, -0.2) is 30.5 Å². The maximum atomic E-state index is 12.0. The van der Waals surface area contributed by atoms with Crippen LogP contribution in [-0.2, 0) is 12.8 Å². The van der Waals surface area contributed by atoms with Crippen LogP contribution in [0.25, 0.3) is 0 Å². The lowest BCUT2D eigenvalue weighted by Crippen LogP contribution is -2.04. The second-order valence-corrected chi connectivity index (χ2v) is 7.87. The fourth-order valence-electron chi connectivity index (χ4n) is 3.39. The summed E-state index contributed by atoms with van der Waals surface area (Å²) in [6, 6.07) is 7.36. The zero-order valence-electron chi connectivity index (χ0n) is 18.5. The molecule has 164 valence electrons. The Balaban J connectivity index is 2.24. The molecule has 2 rings (SSSR count). The standard InChI is InChI=1S/C24H32O5S/c1-6-9-18-20(12-13-21(23(18)26)28-8-3)29-15-30-22-14-11-17(16(4)25)24(27-5)19(22)10-7-2/h11-14,26H,6-10,15H2,1-5H3. The highest BCUT2D eigenvalue weighted by atomic mass is 32.2. The van der Waals surface area contributed by atoms with E-state index in [1.807, 2.05) is 25.1 Å². The third-order valence-electron chi connectivity index (χ3n) is 4.73. The second kappa shape index (κ2) is 11.7. The molecular formula is C24H32O5S. The van der Waals surface area contributed by atoms with Gasteiger partial charge in [-0.2, -0.15) is 0 Å². The molecule has 0 bridgehead atoms. The summed E-state index contributed by atoms with van der Waals surface area (Å²) >= 11 is 1.55. The van der Waals surface area contributed by atoms with Crippen molar-refractivity contribution in [2.45, 2.75) is 58.3 Å². The van der Waals surface area contributed by atoms with Gasteiger partial charge in [-0.05, 0) is 51.0 Å². The monoisotopic (exact) mass is 432 g/mol. The van der Waals surface area contributed by atoms with E-state index in [0.717, 1.165) is 35.3 Å². The summed E-state index contributed by atoms with van der Waals surface area (Å²) in [5.74, 6) is 2.32. The number of hydrogen-bond donors (Lipinski definition) is 1. The molecule has 5 nitrogen and oxygen atoms in total. The number of phenols is 1. The van der Waals surface area contributed by atoms with Crippen molar-refractivity contribution in [3.63, 3.8) is 0 Å². The van der Waals surface area contributed by atoms with Crippen LogP contribution in [0.3, 0.4) is 0 Å². The Morgan fingerprint density at radius 3 is 2.23 bits per heavy atom. The van der Waals surface area contributed by atoms with Gasteiger partial charge in [-0.15, -0.1) is 0 Å². The van der Waals surface area contributed by atoms with Gasteiger partial charge >= 0.3 is 0 Å². The molecule has 0 unspecified atom stereocenters. The number of benzene rings is 2. The summed E-state index contributed by atoms with van der Waals surface area (Å²) in [4.78, 5) is 13.0. The van der Waals surface area contributed by atoms with Crippen molar-refractivity contribution >= 4 is 17.5 Å². The molecule has 0 aliphatic carbocycles. The first-order valence-corrected chi connectivity index (χ1v) is 11.4. The van der Waals surface area contributed by atoms with Crippen molar-refractivity contribution in [1.82, 2.24) is 0 Å². The number of rotatable bonds is 12. The second-order valence-electron chi connectivity index (χ2n) is 6.91. The minimum Gasteiger partial charge on any atom is -0.504 e. The Hall–Kier alpha value is -2.34. The number of carbonyl (C=O) groups is 1. The van der Waals surface area contributed by atoms with Crippen LogP contribution in [0.2, 0.25) is 0 Å². The average Bonchev–Trinajstić information content (AvgIpc) is 2.73. The van der Waals surface area contributed by atoms with Crippen molar-refractivity contribution in [1.29, 1.82) is 0 Å². The van der Waals surface area contributed by atoms with Gasteiger partial charge < -0.3 is 19.3 Å². The van der Waals surface area contributed by atoms with E-state index in [9.17, 15) is 9.90 Å². The van der Waals surface area contributed by atoms with Crippen LogP contribution in [0.5, 0.6) is 23.0 Å². The van der Waals surface area contributed by atoms with Crippen LogP contribution in [0.4, 0.5) is 0 Å². The molecule has 1 N–H and O–H groups in total. The molecule has 30 heavy (non-hydrogen) atoms. The lowest BCUT2D eigenvalue weighted by atomic mass is 10.0. The number of methoxy groups -OCH3 is 1. The topological polar surface area (TPSA) is 65.0 Å². The van der Waals surface area contributed by atoms with Gasteiger partial charge in [0, 0.05) is 16.0 Å². The fourth-order valence-corrected chi connectivity index (χ4v) is 4.24. The quantitative estimate of drug-likeness (QED) is 0.251. The number of phenolic OH excluding ortho intramolecular Hbond substituents is 1. The minimum absolute atomic E-state index is 0.00827. The van der Waals surface area contributed by atoms with Gasteiger partial charge in [0.25, 0.3) is 0 Å². The Bertz CT molecular complexity index is 863. The third kappa shape index (κ3) is 5.63. The molecule has 0 aromatic heterocycles. The Kier molecular flexibility index (Phi) is 9.37. The minimum atomic E-state index is -0.00827. The highest BCUT2D eigenvalue weighted by molar-refractivity contribution is 7.99. The van der Waals surface area contributed by atoms with Gasteiger partial charge in [0.15, 0.2) is 17.3 Å². The van der Waals surface area contributed by atoms with Crippen LogP contribution in [0.1, 0.15) is 62.0 Å². The highest BCUT2D eigenvalue weighted by Gasteiger charge is 2.18. The first-order chi connectivity index (χ1) is 14.5. The maximum absolute atomic E-state index is 12.0. The summed E-state index contributed by atoms with van der Waals surface area (Å²) in [7, 11) is 1.60. The van der Waals surface area contributed by atoms with Crippen LogP contribution in [0.15, 0.2) is 29.2 Å². The molecule has 0 saturated carbocycles. The van der Waals surface area contributed by atoms with Crippen LogP contribution < -0.4 is 14.2 Å². The summed E-state index contributed by atoms with van der Waals surface area (Å²) in [6.07, 6.45) is 3.35. The Morgan fingerprint density at radius 2 is 1.63 bits per heavy atom. The predicted molar refractivity (Wildman–Crippen MR) is 122 cm³/mol. The molecule has 0 radical (unpaired) electrons. The van der Waals surface area contributed by atoms with E-state index in [1.165, 1.54) is 0 Å². The number of ether oxygens (including phenoxy) is 3. The first-order valence-electron chi connectivity index (χ1n) is 10.4. The molecule has 0 atom stereocenters. The van der Waals surface area contributed by atoms with Gasteiger partial charge in [0.05, 0.1) is 19.3 Å². The van der Waals surface area contributed by atoms with Gasteiger partial charge in [-0.1, -0.05) is 38.5 Å². The highest BCUT2D eigenvalue weighted by Crippen LogP contribution is 2.39. The smallest absolute Gasteiger partial charge is 0.164 e. The number of aromatic hydroxyl groups is 1. The molecular weight excluding hydrogens is 400 g/mol. The third-order valence-corrected chi connectivity index (χ3v) is 5.66. The summed E-state index contributed by atoms with van der Waals surface area (Å²) in [6.45, 7) is 8.10. The molecule has 2 aromatic carbocycles. The van der Waals surface area contributed by atoms with Crippen molar-refractivity contribution < 1.29 is 24.1 Å². The summed E-state index contributed by atoms with van der Waals surface area (Å²) in [5, 5.41) is 10.6. The van der Waals surface area contributed by atoms with E-state index < -0.39 is 0 Å². The molecule has 0 spiro atoms. The molecule has 0 fully saturated rings. The molecule has 6 heteroatoms. The van der Waals surface area contributed by atoms with E-state index in [4.69, 9.17) is 14.2 Å². The Morgan fingerprint density at radius 1 is 0.967 bits per heavy atom. The van der Waals surface area contributed by atoms with Gasteiger partial charge in [0.1, 0.15) is 17.4 Å². The normalized spacial score (nSPS) is 10.7. The number of ketones is 1. The number of hydrogen-bond acceptors (Lipinski definition) is 6. The number of Topliss-reactive ketones (excluding diaryl/α,β-unsaturated/α-hetero) is 1. The van der Waals surface area contributed by atoms with Crippen molar-refractivity contribution in [2.75, 3.05) is 19.7 Å². The molecule has 2 aromatic rings. The predicted octanol–water partition coefficient (Wildman–Crippen LogP) is 6.04. The maximum Gasteiger partial charge on any atom is 0.164 e. The number of carbonyl (C=O) groups excluding carboxylic acids is 1. The fraction of sp³-hybridized carbons (Fsp3) is 0.458. The van der Waals surface area contributed by atoms with Crippen molar-refractivity contribution in [3.8, 4) is 23.0 Å². The van der Waals surface area contributed by atoms with E-state index in [0.29, 0.717) is 41.8 Å². The van der Waals surface area contributed by atoms with Gasteiger partial charge in [-0.3, -0.25) is 4.79 Å². The molecule has 0 aliphatic rings.